The van der Waals surface area contributed by atoms with E-state index in [4.69, 9.17) is 21.0 Å². The number of fused-ring (bicyclic) bond motifs is 2. The van der Waals surface area contributed by atoms with Gasteiger partial charge in [-0.25, -0.2) is 4.79 Å². The van der Waals surface area contributed by atoms with E-state index < -0.39 is 5.60 Å². The third-order valence-corrected chi connectivity index (χ3v) is 5.29. The molecule has 0 heterocycles. The quantitative estimate of drug-likeness (QED) is 0.618. The highest BCUT2D eigenvalue weighted by molar-refractivity contribution is 5.85. The Morgan fingerprint density at radius 2 is 1.36 bits per heavy atom. The fourth-order valence-electron chi connectivity index (χ4n) is 3.99. The number of hydrogen-bond acceptors (Lipinski definition) is 5. The molecule has 6 nitrogen and oxygen atoms in total. The first kappa shape index (κ1) is 28.3. The van der Waals surface area contributed by atoms with Crippen molar-refractivity contribution in [3.8, 4) is 12.1 Å². The number of nitriles is 2. The first-order chi connectivity index (χ1) is 14.7. The minimum atomic E-state index is -0.483. The van der Waals surface area contributed by atoms with Gasteiger partial charge in [0.15, 0.2) is 0 Å². The van der Waals surface area contributed by atoms with Crippen LogP contribution in [0.15, 0.2) is 36.4 Å². The average molecular weight is 489 g/mol. The van der Waals surface area contributed by atoms with Crippen LogP contribution in [-0.4, -0.2) is 23.8 Å². The van der Waals surface area contributed by atoms with Gasteiger partial charge in [0.05, 0.1) is 23.3 Å². The van der Waals surface area contributed by atoms with Crippen LogP contribution in [0.1, 0.15) is 54.2 Å². The summed E-state index contributed by atoms with van der Waals surface area (Å²) in [6.07, 6.45) is 3.04. The monoisotopic (exact) mass is 488 g/mol. The molecule has 0 radical (unpaired) electrons. The van der Waals surface area contributed by atoms with Gasteiger partial charge in [0, 0.05) is 12.1 Å². The summed E-state index contributed by atoms with van der Waals surface area (Å²) < 4.78 is 5.24. The van der Waals surface area contributed by atoms with Gasteiger partial charge in [0.1, 0.15) is 5.60 Å². The zero-order valence-corrected chi connectivity index (χ0v) is 20.7. The molecule has 2 aromatic carbocycles. The Balaban J connectivity index is 0.000000338. The van der Waals surface area contributed by atoms with E-state index in [1.807, 2.05) is 57.2 Å². The maximum Gasteiger partial charge on any atom is 0.407 e. The Bertz CT molecular complexity index is 1070. The molecule has 2 aliphatic rings. The smallest absolute Gasteiger partial charge is 0.407 e. The second kappa shape index (κ2) is 11.9. The van der Waals surface area contributed by atoms with E-state index >= 15 is 0 Å². The normalized spacial score (nSPS) is 17.4. The van der Waals surface area contributed by atoms with Crippen LogP contribution in [0.4, 0.5) is 4.79 Å². The Hall–Kier alpha value is -2.77. The second-order valence-corrected chi connectivity index (χ2v) is 9.11. The van der Waals surface area contributed by atoms with Crippen LogP contribution in [-0.2, 0) is 30.4 Å². The van der Waals surface area contributed by atoms with Crippen molar-refractivity contribution in [3.05, 3.63) is 69.8 Å². The van der Waals surface area contributed by atoms with Gasteiger partial charge in [-0.1, -0.05) is 12.1 Å². The Morgan fingerprint density at radius 3 is 1.88 bits per heavy atom. The zero-order chi connectivity index (χ0) is 22.6. The number of halogens is 2. The summed E-state index contributed by atoms with van der Waals surface area (Å²) in [5.41, 5.74) is 11.6. The molecule has 2 aromatic rings. The van der Waals surface area contributed by atoms with Gasteiger partial charge in [0.2, 0.25) is 0 Å². The minimum Gasteiger partial charge on any atom is -0.444 e. The third-order valence-electron chi connectivity index (χ3n) is 5.29. The lowest BCUT2D eigenvalue weighted by molar-refractivity contribution is 0.0506. The zero-order valence-electron chi connectivity index (χ0n) is 19.1. The number of benzene rings is 2. The van der Waals surface area contributed by atoms with E-state index in [-0.39, 0.29) is 43.0 Å². The van der Waals surface area contributed by atoms with Crippen molar-refractivity contribution in [2.24, 2.45) is 5.73 Å². The Morgan fingerprint density at radius 1 is 0.909 bits per heavy atom. The number of hydrogen-bond donors (Lipinski definition) is 2. The SMILES string of the molecule is CC(C)(C)OC(=O)NC1Cc2ccc(C#N)cc2C1.Cl.Cl.N#Cc1ccc2c(c1)CC(N)C2. The van der Waals surface area contributed by atoms with Crippen LogP contribution in [0, 0.1) is 22.7 Å². The summed E-state index contributed by atoms with van der Waals surface area (Å²) in [4.78, 5) is 11.7. The van der Waals surface area contributed by atoms with Crippen molar-refractivity contribution in [1.29, 1.82) is 10.5 Å². The molecule has 0 bridgehead atoms. The highest BCUT2D eigenvalue weighted by Gasteiger charge is 2.25. The van der Waals surface area contributed by atoms with Gasteiger partial charge in [-0.15, -0.1) is 24.8 Å². The molecule has 0 saturated heterocycles. The molecule has 2 aliphatic carbocycles. The summed E-state index contributed by atoms with van der Waals surface area (Å²) in [6, 6.07) is 16.1. The summed E-state index contributed by atoms with van der Waals surface area (Å²) in [6.45, 7) is 5.53. The summed E-state index contributed by atoms with van der Waals surface area (Å²) in [5.74, 6) is 0. The Kier molecular flexibility index (Phi) is 10.2. The van der Waals surface area contributed by atoms with Gasteiger partial charge >= 0.3 is 6.09 Å². The lowest BCUT2D eigenvalue weighted by atomic mass is 10.1. The van der Waals surface area contributed by atoms with Crippen molar-refractivity contribution in [1.82, 2.24) is 5.32 Å². The molecule has 0 fully saturated rings. The maximum atomic E-state index is 11.7. The van der Waals surface area contributed by atoms with Gasteiger partial charge in [-0.3, -0.25) is 0 Å². The number of carbonyl (C=O) groups is 1. The fourth-order valence-corrected chi connectivity index (χ4v) is 3.99. The van der Waals surface area contributed by atoms with Gasteiger partial charge in [-0.2, -0.15) is 10.5 Å². The molecule has 4 rings (SSSR count). The van der Waals surface area contributed by atoms with E-state index in [0.717, 1.165) is 36.8 Å². The molecule has 0 aliphatic heterocycles. The number of ether oxygens (including phenoxy) is 1. The maximum absolute atomic E-state index is 11.7. The number of alkyl carbamates (subject to hydrolysis) is 1. The van der Waals surface area contributed by atoms with Gasteiger partial charge < -0.3 is 15.8 Å². The van der Waals surface area contributed by atoms with E-state index in [1.165, 1.54) is 16.7 Å². The number of nitrogens with two attached hydrogens (primary N) is 1. The van der Waals surface area contributed by atoms with Crippen LogP contribution in [0.5, 0.6) is 0 Å². The predicted octanol–water partition coefficient (Wildman–Crippen LogP) is 4.38. The number of rotatable bonds is 1. The van der Waals surface area contributed by atoms with Crippen LogP contribution in [0.3, 0.4) is 0 Å². The summed E-state index contributed by atoms with van der Waals surface area (Å²) in [7, 11) is 0. The molecular formula is C25H30Cl2N4O2. The van der Waals surface area contributed by atoms with Crippen LogP contribution < -0.4 is 11.1 Å². The number of amides is 1. The predicted molar refractivity (Wildman–Crippen MR) is 133 cm³/mol. The molecule has 2 atom stereocenters. The third kappa shape index (κ3) is 7.94. The van der Waals surface area contributed by atoms with Crippen LogP contribution in [0.25, 0.3) is 0 Å². The van der Waals surface area contributed by atoms with Crippen molar-refractivity contribution in [2.45, 2.75) is 64.1 Å². The van der Waals surface area contributed by atoms with Crippen LogP contribution >= 0.6 is 24.8 Å². The molecule has 0 saturated carbocycles. The molecule has 3 N–H and O–H groups in total. The highest BCUT2D eigenvalue weighted by Crippen LogP contribution is 2.24. The number of carbonyl (C=O) groups excluding carboxylic acids is 1. The molecule has 8 heteroatoms. The molecule has 1 amide bonds. The topological polar surface area (TPSA) is 112 Å². The van der Waals surface area contributed by atoms with Crippen molar-refractivity contribution < 1.29 is 9.53 Å². The average Bonchev–Trinajstić information content (AvgIpc) is 3.26. The molecule has 2 unspecified atom stereocenters. The molecule has 0 spiro atoms. The number of nitrogens with zero attached hydrogens (tertiary/aromatic N) is 2. The van der Waals surface area contributed by atoms with Gasteiger partial charge in [-0.05, 0) is 93.0 Å². The second-order valence-electron chi connectivity index (χ2n) is 9.11. The van der Waals surface area contributed by atoms with Crippen molar-refractivity contribution in [2.75, 3.05) is 0 Å². The van der Waals surface area contributed by atoms with E-state index in [0.29, 0.717) is 5.56 Å². The van der Waals surface area contributed by atoms with Crippen molar-refractivity contribution in [3.63, 3.8) is 0 Å². The lowest BCUT2D eigenvalue weighted by Crippen LogP contribution is -2.39. The van der Waals surface area contributed by atoms with Gasteiger partial charge in [0.25, 0.3) is 0 Å². The largest absolute Gasteiger partial charge is 0.444 e. The first-order valence-corrected chi connectivity index (χ1v) is 10.5. The number of nitrogens with one attached hydrogen (secondary N) is 1. The molecule has 0 aromatic heterocycles. The fraction of sp³-hybridized carbons (Fsp3) is 0.400. The van der Waals surface area contributed by atoms with Crippen LogP contribution in [0.2, 0.25) is 0 Å². The van der Waals surface area contributed by atoms with Crippen molar-refractivity contribution >= 4 is 30.9 Å². The molecule has 176 valence electrons. The summed E-state index contributed by atoms with van der Waals surface area (Å²) >= 11 is 0. The highest BCUT2D eigenvalue weighted by atomic mass is 35.5. The van der Waals surface area contributed by atoms with E-state index in [9.17, 15) is 4.79 Å². The Labute approximate surface area is 207 Å². The molecule has 33 heavy (non-hydrogen) atoms. The van der Waals surface area contributed by atoms with E-state index in [1.54, 1.807) is 0 Å². The minimum absolute atomic E-state index is 0. The van der Waals surface area contributed by atoms with E-state index in [2.05, 4.69) is 17.5 Å². The molecular weight excluding hydrogens is 459 g/mol. The first-order valence-electron chi connectivity index (χ1n) is 10.5. The lowest BCUT2D eigenvalue weighted by Gasteiger charge is -2.21. The standard InChI is InChI=1S/C15H18N2O2.C10H10N2.2ClH/c1-15(2,3)19-14(18)17-13-7-11-5-4-10(9-16)6-12(11)8-13;11-6-7-1-2-8-4-10(12)5-9(8)3-7;;/h4-6,13H,7-8H2,1-3H3,(H,17,18);1-3,10H,4-5,12H2;2*1H. The summed E-state index contributed by atoms with van der Waals surface area (Å²) in [5, 5.41) is 20.4.